The van der Waals surface area contributed by atoms with Gasteiger partial charge in [0.1, 0.15) is 17.2 Å². The minimum absolute atomic E-state index is 0.765. The van der Waals surface area contributed by atoms with Crippen LogP contribution in [0.4, 0.5) is 0 Å². The lowest BCUT2D eigenvalue weighted by atomic mass is 10.1. The first-order valence-corrected chi connectivity index (χ1v) is 6.47. The molecule has 0 unspecified atom stereocenters. The van der Waals surface area contributed by atoms with E-state index in [1.165, 1.54) is 16.3 Å². The van der Waals surface area contributed by atoms with Gasteiger partial charge >= 0.3 is 0 Å². The van der Waals surface area contributed by atoms with E-state index in [0.29, 0.717) is 0 Å². The summed E-state index contributed by atoms with van der Waals surface area (Å²) in [4.78, 5) is 0. The maximum atomic E-state index is 5.34. The van der Waals surface area contributed by atoms with Crippen molar-refractivity contribution in [3.05, 3.63) is 17.7 Å². The van der Waals surface area contributed by atoms with Gasteiger partial charge in [-0.3, -0.25) is 0 Å². The lowest BCUT2D eigenvalue weighted by Gasteiger charge is -2.14. The van der Waals surface area contributed by atoms with Gasteiger partial charge in [-0.2, -0.15) is 0 Å². The zero-order chi connectivity index (χ0) is 11.3. The highest BCUT2D eigenvalue weighted by atomic mass is 28.1. The normalized spacial score (nSPS) is 10.1. The second-order valence-corrected chi connectivity index (χ2v) is 4.26. The van der Waals surface area contributed by atoms with E-state index in [4.69, 9.17) is 14.2 Å². The van der Waals surface area contributed by atoms with Crippen LogP contribution >= 0.6 is 0 Å². The van der Waals surface area contributed by atoms with Crippen molar-refractivity contribution in [2.75, 3.05) is 21.3 Å². The Labute approximate surface area is 93.8 Å². The van der Waals surface area contributed by atoms with E-state index in [-0.39, 0.29) is 0 Å². The number of hydrogen-bond donors (Lipinski definition) is 0. The van der Waals surface area contributed by atoms with Crippen molar-refractivity contribution >= 4 is 10.2 Å². The molecule has 0 saturated heterocycles. The van der Waals surface area contributed by atoms with Gasteiger partial charge < -0.3 is 14.2 Å². The molecule has 0 aliphatic carbocycles. The first-order chi connectivity index (χ1) is 7.26. The standard InChI is InChI=1S/C11H18O3Si/c1-12-8-6-10(13-2)9(4-5-15)11(7-8)14-3/h6-7H,4-5H2,1-3,15H3. The molecule has 0 amide bonds. The summed E-state index contributed by atoms with van der Waals surface area (Å²) in [5, 5.41) is 0. The fourth-order valence-electron chi connectivity index (χ4n) is 1.57. The molecule has 0 radical (unpaired) electrons. The van der Waals surface area contributed by atoms with Crippen LogP contribution in [-0.4, -0.2) is 31.6 Å². The van der Waals surface area contributed by atoms with Gasteiger partial charge in [0, 0.05) is 27.9 Å². The Morgan fingerprint density at radius 1 is 1.00 bits per heavy atom. The van der Waals surface area contributed by atoms with E-state index in [2.05, 4.69) is 0 Å². The average molecular weight is 226 g/mol. The van der Waals surface area contributed by atoms with Crippen LogP contribution in [0, 0.1) is 0 Å². The summed E-state index contributed by atoms with van der Waals surface area (Å²) in [6.45, 7) is 0. The molecule has 15 heavy (non-hydrogen) atoms. The summed E-state index contributed by atoms with van der Waals surface area (Å²) in [6, 6.07) is 4.99. The molecule has 84 valence electrons. The average Bonchev–Trinajstić information content (AvgIpc) is 2.29. The van der Waals surface area contributed by atoms with Crippen LogP contribution in [0.5, 0.6) is 17.2 Å². The van der Waals surface area contributed by atoms with Crippen molar-refractivity contribution in [2.24, 2.45) is 0 Å². The Morgan fingerprint density at radius 3 is 1.87 bits per heavy atom. The third-order valence-electron chi connectivity index (χ3n) is 2.32. The zero-order valence-electron chi connectivity index (χ0n) is 9.79. The van der Waals surface area contributed by atoms with Crippen molar-refractivity contribution in [1.29, 1.82) is 0 Å². The second kappa shape index (κ2) is 5.65. The van der Waals surface area contributed by atoms with E-state index in [1.54, 1.807) is 21.3 Å². The number of benzene rings is 1. The monoisotopic (exact) mass is 226 g/mol. The molecule has 4 heteroatoms. The molecular formula is C11H18O3Si. The van der Waals surface area contributed by atoms with Crippen LogP contribution in [0.2, 0.25) is 6.04 Å². The van der Waals surface area contributed by atoms with Crippen LogP contribution in [0.1, 0.15) is 5.56 Å². The molecule has 0 saturated carbocycles. The molecule has 1 aromatic carbocycles. The van der Waals surface area contributed by atoms with E-state index < -0.39 is 0 Å². The van der Waals surface area contributed by atoms with Crippen LogP contribution < -0.4 is 14.2 Å². The van der Waals surface area contributed by atoms with Gasteiger partial charge in [-0.25, -0.2) is 0 Å². The summed E-state index contributed by atoms with van der Waals surface area (Å²) in [5.41, 5.74) is 1.14. The van der Waals surface area contributed by atoms with Crippen molar-refractivity contribution in [2.45, 2.75) is 12.5 Å². The summed E-state index contributed by atoms with van der Waals surface area (Å²) in [5.74, 6) is 2.46. The number of ether oxygens (including phenoxy) is 3. The Kier molecular flexibility index (Phi) is 4.49. The van der Waals surface area contributed by atoms with E-state index in [9.17, 15) is 0 Å². The summed E-state index contributed by atoms with van der Waals surface area (Å²) in [6.07, 6.45) is 1.00. The molecule has 0 N–H and O–H groups in total. The second-order valence-electron chi connectivity index (χ2n) is 3.26. The largest absolute Gasteiger partial charge is 0.496 e. The quantitative estimate of drug-likeness (QED) is 0.702. The Morgan fingerprint density at radius 2 is 1.53 bits per heavy atom. The lowest BCUT2D eigenvalue weighted by Crippen LogP contribution is -1.98. The fourth-order valence-corrected chi connectivity index (χ4v) is 2.07. The van der Waals surface area contributed by atoms with Crippen molar-refractivity contribution < 1.29 is 14.2 Å². The molecule has 0 atom stereocenters. The van der Waals surface area contributed by atoms with Crippen molar-refractivity contribution in [3.8, 4) is 17.2 Å². The topological polar surface area (TPSA) is 27.7 Å². The Bertz CT molecular complexity index is 301. The summed E-state index contributed by atoms with van der Waals surface area (Å²) >= 11 is 0. The predicted octanol–water partition coefficient (Wildman–Crippen LogP) is 1.04. The highest BCUT2D eigenvalue weighted by molar-refractivity contribution is 6.08. The van der Waals surface area contributed by atoms with Gasteiger partial charge in [0.05, 0.1) is 21.3 Å². The first kappa shape index (κ1) is 11.9. The predicted molar refractivity (Wildman–Crippen MR) is 64.5 cm³/mol. The molecular weight excluding hydrogens is 208 g/mol. The van der Waals surface area contributed by atoms with Crippen LogP contribution in [0.3, 0.4) is 0 Å². The summed E-state index contributed by atoms with van der Waals surface area (Å²) < 4.78 is 15.9. The maximum absolute atomic E-state index is 5.34. The van der Waals surface area contributed by atoms with Crippen LogP contribution in [0.15, 0.2) is 12.1 Å². The fraction of sp³-hybridized carbons (Fsp3) is 0.455. The molecule has 0 aromatic heterocycles. The third-order valence-corrected chi connectivity index (χ3v) is 2.82. The lowest BCUT2D eigenvalue weighted by molar-refractivity contribution is 0.369. The molecule has 0 heterocycles. The molecule has 0 spiro atoms. The van der Waals surface area contributed by atoms with Crippen LogP contribution in [-0.2, 0) is 6.42 Å². The number of hydrogen-bond acceptors (Lipinski definition) is 3. The van der Waals surface area contributed by atoms with E-state index in [0.717, 1.165) is 29.2 Å². The van der Waals surface area contributed by atoms with Gasteiger partial charge in [-0.1, -0.05) is 6.04 Å². The van der Waals surface area contributed by atoms with E-state index >= 15 is 0 Å². The zero-order valence-corrected chi connectivity index (χ0v) is 11.8. The molecule has 0 fully saturated rings. The Balaban J connectivity index is 3.19. The highest BCUT2D eigenvalue weighted by Crippen LogP contribution is 2.34. The molecule has 0 aliphatic heterocycles. The number of rotatable bonds is 5. The van der Waals surface area contributed by atoms with Crippen molar-refractivity contribution in [1.82, 2.24) is 0 Å². The molecule has 0 aliphatic rings. The van der Waals surface area contributed by atoms with Crippen molar-refractivity contribution in [3.63, 3.8) is 0 Å². The smallest absolute Gasteiger partial charge is 0.129 e. The maximum Gasteiger partial charge on any atom is 0.129 e. The third kappa shape index (κ3) is 2.65. The minimum atomic E-state index is 0.765. The molecule has 0 bridgehead atoms. The minimum Gasteiger partial charge on any atom is -0.496 e. The van der Waals surface area contributed by atoms with Crippen LogP contribution in [0.25, 0.3) is 0 Å². The molecule has 3 nitrogen and oxygen atoms in total. The van der Waals surface area contributed by atoms with Gasteiger partial charge in [-0.15, -0.1) is 0 Å². The van der Waals surface area contributed by atoms with Gasteiger partial charge in [0.2, 0.25) is 0 Å². The van der Waals surface area contributed by atoms with E-state index in [1.807, 2.05) is 12.1 Å². The SMILES string of the molecule is COc1cc(OC)c(CC[SiH3])c(OC)c1. The summed E-state index contributed by atoms with van der Waals surface area (Å²) in [7, 11) is 6.16. The highest BCUT2D eigenvalue weighted by Gasteiger charge is 2.11. The first-order valence-electron chi connectivity index (χ1n) is 5.05. The molecule has 1 rings (SSSR count). The molecule has 1 aromatic rings. The Hall–Kier alpha value is -1.16. The number of methoxy groups -OCH3 is 3. The van der Waals surface area contributed by atoms with Gasteiger partial charge in [-0.05, 0) is 6.42 Å². The van der Waals surface area contributed by atoms with Gasteiger partial charge in [0.15, 0.2) is 0 Å². The van der Waals surface area contributed by atoms with Gasteiger partial charge in [0.25, 0.3) is 0 Å².